The van der Waals surface area contributed by atoms with E-state index in [4.69, 9.17) is 9.47 Å². The molecule has 1 atom stereocenters. The highest BCUT2D eigenvalue weighted by Crippen LogP contribution is 2.20. The van der Waals surface area contributed by atoms with Crippen molar-refractivity contribution in [3.63, 3.8) is 0 Å². The van der Waals surface area contributed by atoms with Gasteiger partial charge in [0.05, 0.1) is 17.4 Å². The lowest BCUT2D eigenvalue weighted by molar-refractivity contribution is 0.0679. The Hall–Kier alpha value is -2.86. The third-order valence-electron chi connectivity index (χ3n) is 4.20. The molecule has 1 saturated heterocycles. The van der Waals surface area contributed by atoms with Crippen molar-refractivity contribution in [3.8, 4) is 5.75 Å². The van der Waals surface area contributed by atoms with Crippen LogP contribution in [-0.2, 0) is 4.74 Å². The molecule has 26 heavy (non-hydrogen) atoms. The van der Waals surface area contributed by atoms with Crippen LogP contribution >= 0.6 is 0 Å². The van der Waals surface area contributed by atoms with Gasteiger partial charge in [-0.1, -0.05) is 18.2 Å². The van der Waals surface area contributed by atoms with Crippen LogP contribution < -0.4 is 15.4 Å². The largest absolute Gasteiger partial charge is 0.491 e. The Bertz CT molecular complexity index is 785. The van der Waals surface area contributed by atoms with Gasteiger partial charge in [0.2, 0.25) is 0 Å². The first-order valence-electron chi connectivity index (χ1n) is 8.64. The Morgan fingerprint density at radius 3 is 2.77 bits per heavy atom. The molecule has 1 fully saturated rings. The van der Waals surface area contributed by atoms with Crippen LogP contribution in [0.15, 0.2) is 48.5 Å². The molecule has 0 saturated carbocycles. The number of hydrogen-bond donors (Lipinski definition) is 2. The van der Waals surface area contributed by atoms with Crippen LogP contribution in [0.5, 0.6) is 5.75 Å². The molecule has 1 unspecified atom stereocenters. The zero-order valence-corrected chi connectivity index (χ0v) is 14.7. The van der Waals surface area contributed by atoms with E-state index in [1.807, 2.05) is 6.07 Å². The van der Waals surface area contributed by atoms with E-state index in [9.17, 15) is 9.59 Å². The first-order chi connectivity index (χ1) is 12.7. The molecule has 0 spiro atoms. The van der Waals surface area contributed by atoms with Crippen LogP contribution in [0.4, 0.5) is 5.69 Å². The van der Waals surface area contributed by atoms with E-state index in [0.717, 1.165) is 19.4 Å². The Labute approximate surface area is 152 Å². The fraction of sp³-hybridized carbons (Fsp3) is 0.300. The standard InChI is InChI=1S/C20H22N2O4/c1-21-20(24)17-9-2-3-10-18(17)22-19(23)14-6-4-7-15(12-14)26-13-16-8-5-11-25-16/h2-4,6-7,9-10,12,16H,5,8,11,13H2,1H3,(H,21,24)(H,22,23). The maximum absolute atomic E-state index is 12.6. The molecule has 2 N–H and O–H groups in total. The molecule has 6 heteroatoms. The second-order valence-corrected chi connectivity index (χ2v) is 6.05. The fourth-order valence-electron chi connectivity index (χ4n) is 2.81. The maximum Gasteiger partial charge on any atom is 0.255 e. The molecule has 2 aromatic rings. The van der Waals surface area contributed by atoms with Crippen molar-refractivity contribution in [2.24, 2.45) is 0 Å². The third-order valence-corrected chi connectivity index (χ3v) is 4.20. The Balaban J connectivity index is 1.68. The second kappa shape index (κ2) is 8.49. The van der Waals surface area contributed by atoms with Gasteiger partial charge in [0.15, 0.2) is 0 Å². The summed E-state index contributed by atoms with van der Waals surface area (Å²) in [4.78, 5) is 24.5. The summed E-state index contributed by atoms with van der Waals surface area (Å²) in [6.45, 7) is 1.26. The lowest BCUT2D eigenvalue weighted by Gasteiger charge is -2.13. The zero-order chi connectivity index (χ0) is 18.4. The van der Waals surface area contributed by atoms with E-state index in [1.165, 1.54) is 0 Å². The number of benzene rings is 2. The summed E-state index contributed by atoms with van der Waals surface area (Å²) >= 11 is 0. The van der Waals surface area contributed by atoms with Gasteiger partial charge in [-0.15, -0.1) is 0 Å². The number of amides is 2. The van der Waals surface area contributed by atoms with Crippen LogP contribution in [0.25, 0.3) is 0 Å². The number of para-hydroxylation sites is 1. The summed E-state index contributed by atoms with van der Waals surface area (Å²) < 4.78 is 11.3. The van der Waals surface area contributed by atoms with Crippen LogP contribution in [0.1, 0.15) is 33.6 Å². The summed E-state index contributed by atoms with van der Waals surface area (Å²) in [7, 11) is 1.55. The van der Waals surface area contributed by atoms with Gasteiger partial charge in [-0.2, -0.15) is 0 Å². The molecule has 6 nitrogen and oxygen atoms in total. The number of ether oxygens (including phenoxy) is 2. The monoisotopic (exact) mass is 354 g/mol. The van der Waals surface area contributed by atoms with Crippen molar-refractivity contribution in [1.82, 2.24) is 5.32 Å². The Morgan fingerprint density at radius 1 is 1.15 bits per heavy atom. The molecule has 1 heterocycles. The molecular formula is C20H22N2O4. The van der Waals surface area contributed by atoms with E-state index in [-0.39, 0.29) is 17.9 Å². The van der Waals surface area contributed by atoms with E-state index >= 15 is 0 Å². The van der Waals surface area contributed by atoms with Gasteiger partial charge in [-0.3, -0.25) is 9.59 Å². The highest BCUT2D eigenvalue weighted by molar-refractivity contribution is 6.09. The fourth-order valence-corrected chi connectivity index (χ4v) is 2.81. The highest BCUT2D eigenvalue weighted by Gasteiger charge is 2.17. The van der Waals surface area contributed by atoms with Gasteiger partial charge in [0.1, 0.15) is 12.4 Å². The first-order valence-corrected chi connectivity index (χ1v) is 8.64. The van der Waals surface area contributed by atoms with E-state index in [2.05, 4.69) is 10.6 Å². The predicted octanol–water partition coefficient (Wildman–Crippen LogP) is 2.86. The third kappa shape index (κ3) is 4.40. The first kappa shape index (κ1) is 17.9. The molecule has 0 radical (unpaired) electrons. The summed E-state index contributed by atoms with van der Waals surface area (Å²) in [5.74, 6) is 0.0613. The summed E-state index contributed by atoms with van der Waals surface area (Å²) in [5.41, 5.74) is 1.33. The molecular weight excluding hydrogens is 332 g/mol. The van der Waals surface area contributed by atoms with Crippen molar-refractivity contribution < 1.29 is 19.1 Å². The molecule has 1 aliphatic rings. The van der Waals surface area contributed by atoms with Gasteiger partial charge >= 0.3 is 0 Å². The maximum atomic E-state index is 12.6. The minimum absolute atomic E-state index is 0.118. The van der Waals surface area contributed by atoms with Crippen LogP contribution in [0, 0.1) is 0 Å². The van der Waals surface area contributed by atoms with Gasteiger partial charge in [0.25, 0.3) is 11.8 Å². The number of hydrogen-bond acceptors (Lipinski definition) is 4. The summed E-state index contributed by atoms with van der Waals surface area (Å²) in [6.07, 6.45) is 2.17. The van der Waals surface area contributed by atoms with Gasteiger partial charge in [-0.05, 0) is 43.2 Å². The van der Waals surface area contributed by atoms with Crippen molar-refractivity contribution in [1.29, 1.82) is 0 Å². The van der Waals surface area contributed by atoms with E-state index in [1.54, 1.807) is 49.5 Å². The molecule has 3 rings (SSSR count). The van der Waals surface area contributed by atoms with Crippen molar-refractivity contribution in [2.45, 2.75) is 18.9 Å². The quantitative estimate of drug-likeness (QED) is 0.836. The van der Waals surface area contributed by atoms with E-state index in [0.29, 0.717) is 29.2 Å². The molecule has 2 amide bonds. The number of rotatable bonds is 6. The normalized spacial score (nSPS) is 16.1. The minimum Gasteiger partial charge on any atom is -0.491 e. The number of carbonyl (C=O) groups excluding carboxylic acids is 2. The summed E-state index contributed by atoms with van der Waals surface area (Å²) in [6, 6.07) is 13.8. The van der Waals surface area contributed by atoms with Gasteiger partial charge < -0.3 is 20.1 Å². The number of anilines is 1. The minimum atomic E-state index is -0.302. The highest BCUT2D eigenvalue weighted by atomic mass is 16.5. The lowest BCUT2D eigenvalue weighted by Crippen LogP contribution is -2.21. The average molecular weight is 354 g/mol. The predicted molar refractivity (Wildman–Crippen MR) is 98.7 cm³/mol. The molecule has 0 aromatic heterocycles. The average Bonchev–Trinajstić information content (AvgIpc) is 3.20. The smallest absolute Gasteiger partial charge is 0.255 e. The molecule has 136 valence electrons. The zero-order valence-electron chi connectivity index (χ0n) is 14.7. The van der Waals surface area contributed by atoms with E-state index < -0.39 is 0 Å². The van der Waals surface area contributed by atoms with Crippen LogP contribution in [0.2, 0.25) is 0 Å². The van der Waals surface area contributed by atoms with Crippen LogP contribution in [0.3, 0.4) is 0 Å². The molecule has 1 aliphatic heterocycles. The van der Waals surface area contributed by atoms with Gasteiger partial charge in [-0.25, -0.2) is 0 Å². The topological polar surface area (TPSA) is 76.7 Å². The lowest BCUT2D eigenvalue weighted by atomic mass is 10.1. The molecule has 2 aromatic carbocycles. The Kier molecular flexibility index (Phi) is 5.86. The Morgan fingerprint density at radius 2 is 2.00 bits per heavy atom. The SMILES string of the molecule is CNC(=O)c1ccccc1NC(=O)c1cccc(OCC2CCCO2)c1. The number of carbonyl (C=O) groups is 2. The molecule has 0 aliphatic carbocycles. The second-order valence-electron chi connectivity index (χ2n) is 6.05. The van der Waals surface area contributed by atoms with Crippen molar-refractivity contribution >= 4 is 17.5 Å². The van der Waals surface area contributed by atoms with Crippen molar-refractivity contribution in [3.05, 3.63) is 59.7 Å². The van der Waals surface area contributed by atoms with Crippen LogP contribution in [-0.4, -0.2) is 38.2 Å². The molecule has 0 bridgehead atoms. The van der Waals surface area contributed by atoms with Crippen molar-refractivity contribution in [2.75, 3.05) is 25.6 Å². The van der Waals surface area contributed by atoms with Gasteiger partial charge in [0, 0.05) is 19.2 Å². The number of nitrogens with one attached hydrogen (secondary N) is 2. The summed E-state index contributed by atoms with van der Waals surface area (Å²) in [5, 5.41) is 5.35.